The quantitative estimate of drug-likeness (QED) is 0.323. The maximum absolute atomic E-state index is 12.8. The summed E-state index contributed by atoms with van der Waals surface area (Å²) in [7, 11) is 1.43. The molecule has 2 aromatic rings. The number of piperidine rings is 1. The summed E-state index contributed by atoms with van der Waals surface area (Å²) in [6, 6.07) is 8.31. The van der Waals surface area contributed by atoms with E-state index in [9.17, 15) is 14.9 Å². The molecular weight excluding hydrogens is 525 g/mol. The van der Waals surface area contributed by atoms with Crippen molar-refractivity contribution in [2.45, 2.75) is 19.3 Å². The third-order valence-corrected chi connectivity index (χ3v) is 7.32. The second kappa shape index (κ2) is 11.5. The summed E-state index contributed by atoms with van der Waals surface area (Å²) in [5.41, 5.74) is 1.96. The highest BCUT2D eigenvalue weighted by Gasteiger charge is 2.26. The number of amides is 1. The van der Waals surface area contributed by atoms with Gasteiger partial charge in [0.25, 0.3) is 11.6 Å². The molecule has 2 heterocycles. The van der Waals surface area contributed by atoms with Crippen molar-refractivity contribution < 1.29 is 14.5 Å². The Morgan fingerprint density at radius 1 is 1.03 bits per heavy atom. The molecule has 0 atom stereocenters. The van der Waals surface area contributed by atoms with E-state index in [2.05, 4.69) is 15.1 Å². The van der Waals surface area contributed by atoms with E-state index >= 15 is 0 Å². The summed E-state index contributed by atoms with van der Waals surface area (Å²) in [5, 5.41) is 15.2. The van der Waals surface area contributed by atoms with Gasteiger partial charge in [0.15, 0.2) is 5.11 Å². The summed E-state index contributed by atoms with van der Waals surface area (Å²) in [5.74, 6) is -0.223. The molecule has 0 aliphatic carbocycles. The van der Waals surface area contributed by atoms with Crippen LogP contribution in [-0.2, 0) is 0 Å². The summed E-state index contributed by atoms with van der Waals surface area (Å²) in [4.78, 5) is 30.4. The van der Waals surface area contributed by atoms with E-state index in [1.807, 2.05) is 11.0 Å². The predicted molar refractivity (Wildman–Crippen MR) is 146 cm³/mol. The number of anilines is 2. The van der Waals surface area contributed by atoms with Crippen LogP contribution in [0.15, 0.2) is 30.3 Å². The average Bonchev–Trinajstić information content (AvgIpc) is 2.88. The maximum Gasteiger partial charge on any atom is 0.292 e. The van der Waals surface area contributed by atoms with Crippen molar-refractivity contribution in [2.75, 3.05) is 56.2 Å². The number of piperazine rings is 1. The number of nitrogens with zero attached hydrogens (tertiary/aromatic N) is 4. The fourth-order valence-corrected chi connectivity index (χ4v) is 5.44. The lowest BCUT2D eigenvalue weighted by atomic mass is 10.1. The third kappa shape index (κ3) is 5.77. The molecule has 36 heavy (non-hydrogen) atoms. The molecule has 9 nitrogen and oxygen atoms in total. The first kappa shape index (κ1) is 26.2. The van der Waals surface area contributed by atoms with Crippen molar-refractivity contribution in [3.8, 4) is 5.75 Å². The number of nitrogens with one attached hydrogen (secondary N) is 1. The van der Waals surface area contributed by atoms with Crippen LogP contribution < -0.4 is 19.9 Å². The molecule has 0 spiro atoms. The Morgan fingerprint density at radius 2 is 1.72 bits per heavy atom. The van der Waals surface area contributed by atoms with Crippen LogP contribution in [0.1, 0.15) is 29.6 Å². The van der Waals surface area contributed by atoms with Crippen LogP contribution in [0.5, 0.6) is 5.75 Å². The molecule has 1 amide bonds. The van der Waals surface area contributed by atoms with E-state index < -0.39 is 5.91 Å². The summed E-state index contributed by atoms with van der Waals surface area (Å²) < 4.78 is 5.26. The van der Waals surface area contributed by atoms with Crippen LogP contribution in [0.3, 0.4) is 0 Å². The van der Waals surface area contributed by atoms with Gasteiger partial charge in [-0.1, -0.05) is 23.2 Å². The van der Waals surface area contributed by atoms with Gasteiger partial charge in [-0.2, -0.15) is 0 Å². The van der Waals surface area contributed by atoms with Crippen molar-refractivity contribution in [1.82, 2.24) is 10.2 Å². The Hall–Kier alpha value is -2.82. The van der Waals surface area contributed by atoms with Gasteiger partial charge in [0.05, 0.1) is 22.6 Å². The van der Waals surface area contributed by atoms with Gasteiger partial charge in [-0.25, -0.2) is 0 Å². The van der Waals surface area contributed by atoms with Gasteiger partial charge in [0.2, 0.25) is 0 Å². The summed E-state index contributed by atoms with van der Waals surface area (Å²) in [6.45, 7) is 4.13. The number of hydrogen-bond donors (Lipinski definition) is 1. The molecule has 0 bridgehead atoms. The normalized spacial score (nSPS) is 16.0. The van der Waals surface area contributed by atoms with E-state index in [0.717, 1.165) is 38.0 Å². The zero-order chi connectivity index (χ0) is 25.8. The van der Waals surface area contributed by atoms with E-state index in [1.165, 1.54) is 19.2 Å². The van der Waals surface area contributed by atoms with Gasteiger partial charge in [-0.3, -0.25) is 20.2 Å². The minimum atomic E-state index is -0.453. The molecule has 0 saturated carbocycles. The van der Waals surface area contributed by atoms with Crippen molar-refractivity contribution in [1.29, 1.82) is 0 Å². The number of carbonyl (C=O) groups excluding carboxylic acids is 1. The number of hydrogen-bond acceptors (Lipinski definition) is 7. The van der Waals surface area contributed by atoms with Gasteiger partial charge in [-0.15, -0.1) is 0 Å². The molecule has 192 valence electrons. The van der Waals surface area contributed by atoms with E-state index in [0.29, 0.717) is 42.0 Å². The largest absolute Gasteiger partial charge is 0.494 e. The molecule has 4 rings (SSSR count). The molecule has 2 aromatic carbocycles. The lowest BCUT2D eigenvalue weighted by Gasteiger charge is -2.37. The van der Waals surface area contributed by atoms with Crippen LogP contribution in [0.25, 0.3) is 0 Å². The molecule has 12 heteroatoms. The molecule has 0 aromatic heterocycles. The number of benzene rings is 2. The lowest BCUT2D eigenvalue weighted by molar-refractivity contribution is -0.384. The number of methoxy groups -OCH3 is 1. The topological polar surface area (TPSA) is 91.2 Å². The highest BCUT2D eigenvalue weighted by molar-refractivity contribution is 7.80. The Balaban J connectivity index is 1.41. The first-order valence-corrected chi connectivity index (χ1v) is 12.9. The first-order valence-electron chi connectivity index (χ1n) is 11.7. The number of ether oxygens (including phenoxy) is 1. The average molecular weight is 552 g/mol. The smallest absolute Gasteiger partial charge is 0.292 e. The highest BCUT2D eigenvalue weighted by Crippen LogP contribution is 2.35. The molecular formula is C24H27Cl2N5O4S. The fraction of sp³-hybridized carbons (Fsp3) is 0.417. The van der Waals surface area contributed by atoms with E-state index in [4.69, 9.17) is 40.2 Å². The lowest BCUT2D eigenvalue weighted by Crippen LogP contribution is -2.52. The van der Waals surface area contributed by atoms with Crippen LogP contribution in [0, 0.1) is 10.1 Å². The van der Waals surface area contributed by atoms with E-state index in [1.54, 1.807) is 12.1 Å². The Kier molecular flexibility index (Phi) is 8.38. The zero-order valence-corrected chi connectivity index (χ0v) is 22.2. The molecule has 1 N–H and O–H groups in total. The Morgan fingerprint density at radius 3 is 2.36 bits per heavy atom. The van der Waals surface area contributed by atoms with Gasteiger partial charge in [0, 0.05) is 56.0 Å². The number of nitro benzene ring substituents is 1. The maximum atomic E-state index is 12.8. The Bertz CT molecular complexity index is 1170. The second-order valence-corrected chi connectivity index (χ2v) is 9.91. The zero-order valence-electron chi connectivity index (χ0n) is 19.8. The minimum absolute atomic E-state index is 0.139. The van der Waals surface area contributed by atoms with Crippen molar-refractivity contribution in [3.05, 3.63) is 56.1 Å². The molecule has 2 fully saturated rings. The summed E-state index contributed by atoms with van der Waals surface area (Å²) >= 11 is 17.7. The molecule has 0 unspecified atom stereocenters. The fourth-order valence-electron chi connectivity index (χ4n) is 4.60. The molecule has 2 aliphatic rings. The molecule has 2 aliphatic heterocycles. The Labute approximate surface area is 225 Å². The van der Waals surface area contributed by atoms with Crippen molar-refractivity contribution in [3.63, 3.8) is 0 Å². The SMILES string of the molecule is COc1c(Cl)cc(Cl)cc1C(=O)NC(=S)N1CCN(c2ccc([N+](=O)[O-])c(N3CCCCC3)c2)CC1. The summed E-state index contributed by atoms with van der Waals surface area (Å²) in [6.07, 6.45) is 3.23. The predicted octanol–water partition coefficient (Wildman–Crippen LogP) is 4.74. The van der Waals surface area contributed by atoms with Crippen molar-refractivity contribution in [2.24, 2.45) is 0 Å². The number of nitro groups is 1. The molecule has 2 saturated heterocycles. The highest BCUT2D eigenvalue weighted by atomic mass is 35.5. The van der Waals surface area contributed by atoms with Gasteiger partial charge < -0.3 is 19.4 Å². The van der Waals surface area contributed by atoms with Gasteiger partial charge in [0.1, 0.15) is 11.4 Å². The van der Waals surface area contributed by atoms with Crippen LogP contribution >= 0.6 is 35.4 Å². The monoisotopic (exact) mass is 551 g/mol. The van der Waals surface area contributed by atoms with Crippen LogP contribution in [-0.4, -0.2) is 67.2 Å². The van der Waals surface area contributed by atoms with Crippen LogP contribution in [0.4, 0.5) is 17.1 Å². The van der Waals surface area contributed by atoms with Gasteiger partial charge >= 0.3 is 0 Å². The number of halogens is 2. The minimum Gasteiger partial charge on any atom is -0.494 e. The first-order chi connectivity index (χ1) is 17.3. The number of thiocarbonyl (C=S) groups is 1. The third-order valence-electron chi connectivity index (χ3n) is 6.46. The van der Waals surface area contributed by atoms with E-state index in [-0.39, 0.29) is 26.9 Å². The van der Waals surface area contributed by atoms with Crippen LogP contribution in [0.2, 0.25) is 10.0 Å². The second-order valence-electron chi connectivity index (χ2n) is 8.68. The number of carbonyl (C=O) groups is 1. The van der Waals surface area contributed by atoms with Gasteiger partial charge in [-0.05, 0) is 55.7 Å². The van der Waals surface area contributed by atoms with Crippen molar-refractivity contribution >= 4 is 63.5 Å². The molecule has 0 radical (unpaired) electrons. The standard InChI is InChI=1S/C24H27Cl2N5O4S/c1-35-22-18(13-16(25)14-19(22)26)23(32)27-24(36)30-11-9-28(10-12-30)17-5-6-20(31(33)34)21(15-17)29-7-3-2-4-8-29/h5-6,13-15H,2-4,7-12H2,1H3,(H,27,32,36). The number of rotatable bonds is 5.